The fourth-order valence-electron chi connectivity index (χ4n) is 4.36. The molecule has 0 radical (unpaired) electrons. The average Bonchev–Trinajstić information content (AvgIpc) is 3.24. The van der Waals surface area contributed by atoms with E-state index in [1.807, 2.05) is 36.7 Å². The molecule has 1 saturated heterocycles. The summed E-state index contributed by atoms with van der Waals surface area (Å²) in [5.74, 6) is 4.00. The number of anilines is 4. The van der Waals surface area contributed by atoms with Gasteiger partial charge in [0.2, 0.25) is 11.7 Å². The third-order valence-electron chi connectivity index (χ3n) is 6.22. The maximum absolute atomic E-state index is 5.52. The van der Waals surface area contributed by atoms with Gasteiger partial charge in [-0.05, 0) is 19.1 Å². The van der Waals surface area contributed by atoms with Crippen LogP contribution in [0.1, 0.15) is 12.6 Å². The predicted molar refractivity (Wildman–Crippen MR) is 140 cm³/mol. The highest BCUT2D eigenvalue weighted by Crippen LogP contribution is 2.46. The lowest BCUT2D eigenvalue weighted by Gasteiger charge is -2.28. The van der Waals surface area contributed by atoms with Gasteiger partial charge < -0.3 is 34.5 Å². The lowest BCUT2D eigenvalue weighted by atomic mass is 9.99. The van der Waals surface area contributed by atoms with E-state index in [1.54, 1.807) is 33.1 Å². The number of benzene rings is 1. The van der Waals surface area contributed by atoms with E-state index in [9.17, 15) is 0 Å². The summed E-state index contributed by atoms with van der Waals surface area (Å²) in [5.41, 5.74) is 2.17. The van der Waals surface area contributed by atoms with Crippen molar-refractivity contribution in [1.82, 2.24) is 15.0 Å². The Balaban J connectivity index is 1.36. The molecule has 1 aromatic carbocycles. The van der Waals surface area contributed by atoms with E-state index >= 15 is 0 Å². The molecule has 190 valence electrons. The summed E-state index contributed by atoms with van der Waals surface area (Å²) in [5, 5.41) is 6.92. The Hall–Kier alpha value is -3.44. The van der Waals surface area contributed by atoms with Gasteiger partial charge in [0.25, 0.3) is 0 Å². The molecule has 1 atom stereocenters. The number of nitrogens with one attached hydrogen (secondary N) is 2. The second-order valence-corrected chi connectivity index (χ2v) is 9.71. The maximum Gasteiger partial charge on any atom is 0.227 e. The lowest BCUT2D eigenvalue weighted by molar-refractivity contribution is 0.122. The van der Waals surface area contributed by atoms with Crippen LogP contribution in [0.25, 0.3) is 0 Å². The number of ether oxygens (including phenoxy) is 4. The molecule has 3 aromatic rings. The van der Waals surface area contributed by atoms with Gasteiger partial charge in [0, 0.05) is 47.8 Å². The fraction of sp³-hybridized carbons (Fsp3) is 0.400. The highest BCUT2D eigenvalue weighted by Gasteiger charge is 2.38. The van der Waals surface area contributed by atoms with Crippen molar-refractivity contribution in [2.24, 2.45) is 0 Å². The van der Waals surface area contributed by atoms with Crippen LogP contribution >= 0.6 is 11.8 Å². The maximum atomic E-state index is 5.52. The predicted octanol–water partition coefficient (Wildman–Crippen LogP) is 3.91. The summed E-state index contributed by atoms with van der Waals surface area (Å²) in [6.45, 7) is 5.29. The second kappa shape index (κ2) is 10.3. The van der Waals surface area contributed by atoms with E-state index in [0.717, 1.165) is 59.8 Å². The highest BCUT2D eigenvalue weighted by molar-refractivity contribution is 7.99. The normalized spacial score (nSPS) is 18.9. The number of thioether (sulfide) groups is 1. The van der Waals surface area contributed by atoms with Crippen LogP contribution in [0.4, 0.5) is 23.1 Å². The summed E-state index contributed by atoms with van der Waals surface area (Å²) >= 11 is 1.72. The molecule has 0 saturated carbocycles. The van der Waals surface area contributed by atoms with Gasteiger partial charge >= 0.3 is 0 Å². The molecular formula is C25H30N6O4S. The number of aromatic nitrogens is 3. The van der Waals surface area contributed by atoms with Crippen LogP contribution in [0.5, 0.6) is 17.2 Å². The number of pyridine rings is 1. The minimum Gasteiger partial charge on any atom is -0.493 e. The molecule has 1 unspecified atom stereocenters. The summed E-state index contributed by atoms with van der Waals surface area (Å²) in [6.07, 6.45) is 3.68. The van der Waals surface area contributed by atoms with Crippen LogP contribution < -0.4 is 29.7 Å². The first kappa shape index (κ1) is 24.3. The van der Waals surface area contributed by atoms with Crippen molar-refractivity contribution in [2.45, 2.75) is 17.4 Å². The van der Waals surface area contributed by atoms with Crippen LogP contribution in [0.15, 0.2) is 41.6 Å². The van der Waals surface area contributed by atoms with Crippen LogP contribution in [-0.4, -0.2) is 68.3 Å². The van der Waals surface area contributed by atoms with Crippen LogP contribution in [0.2, 0.25) is 0 Å². The first-order chi connectivity index (χ1) is 17.5. The Bertz CT molecular complexity index is 1200. The lowest BCUT2D eigenvalue weighted by Crippen LogP contribution is -2.36. The standard InChI is InChI=1S/C25H30N6O4S/c1-25(30-17-11-18(32-2)22(34-4)19(12-17)33-3)15-36-20-14-27-24(29-23(20)25)28-16-5-6-21(26-13-16)31-7-9-35-10-8-31/h5-6,11-14,30H,7-10,15H2,1-4H3,(H,27,28,29). The van der Waals surface area contributed by atoms with Crippen molar-refractivity contribution in [2.75, 3.05) is 68.9 Å². The Labute approximate surface area is 214 Å². The molecule has 0 bridgehead atoms. The van der Waals surface area contributed by atoms with Crippen molar-refractivity contribution in [3.8, 4) is 17.2 Å². The van der Waals surface area contributed by atoms with Crippen molar-refractivity contribution in [1.29, 1.82) is 0 Å². The molecule has 36 heavy (non-hydrogen) atoms. The first-order valence-electron chi connectivity index (χ1n) is 11.7. The summed E-state index contributed by atoms with van der Waals surface area (Å²) in [4.78, 5) is 17.3. The van der Waals surface area contributed by atoms with E-state index in [2.05, 4.69) is 32.4 Å². The van der Waals surface area contributed by atoms with E-state index in [4.69, 9.17) is 23.9 Å². The topological polar surface area (TPSA) is 103 Å². The number of methoxy groups -OCH3 is 3. The minimum atomic E-state index is -0.428. The van der Waals surface area contributed by atoms with Crippen molar-refractivity contribution < 1.29 is 18.9 Å². The quantitative estimate of drug-likeness (QED) is 0.461. The van der Waals surface area contributed by atoms with Crippen LogP contribution in [0.3, 0.4) is 0 Å². The molecular weight excluding hydrogens is 480 g/mol. The van der Waals surface area contributed by atoms with E-state index in [1.165, 1.54) is 0 Å². The average molecular weight is 511 g/mol. The number of nitrogens with zero attached hydrogens (tertiary/aromatic N) is 4. The fourth-order valence-corrected chi connectivity index (χ4v) is 5.55. The second-order valence-electron chi connectivity index (χ2n) is 8.70. The molecule has 4 heterocycles. The van der Waals surface area contributed by atoms with Crippen molar-refractivity contribution in [3.63, 3.8) is 0 Å². The summed E-state index contributed by atoms with van der Waals surface area (Å²) in [7, 11) is 4.81. The molecule has 2 N–H and O–H groups in total. The zero-order valence-electron chi connectivity index (χ0n) is 20.8. The molecule has 2 aliphatic heterocycles. The summed E-state index contributed by atoms with van der Waals surface area (Å²) < 4.78 is 21.9. The number of fused-ring (bicyclic) bond motifs is 1. The molecule has 0 aliphatic carbocycles. The minimum absolute atomic E-state index is 0.428. The van der Waals surface area contributed by atoms with Crippen LogP contribution in [-0.2, 0) is 10.3 Å². The molecule has 2 aromatic heterocycles. The van der Waals surface area contributed by atoms with Gasteiger partial charge in [-0.15, -0.1) is 11.8 Å². The van der Waals surface area contributed by atoms with E-state index in [-0.39, 0.29) is 0 Å². The van der Waals surface area contributed by atoms with Crippen molar-refractivity contribution in [3.05, 3.63) is 42.4 Å². The highest BCUT2D eigenvalue weighted by atomic mass is 32.2. The Morgan fingerprint density at radius 2 is 1.72 bits per heavy atom. The number of rotatable bonds is 8. The molecule has 0 spiro atoms. The van der Waals surface area contributed by atoms with Crippen molar-refractivity contribution >= 4 is 34.9 Å². The third kappa shape index (κ3) is 4.80. The monoisotopic (exact) mass is 510 g/mol. The van der Waals surface area contributed by atoms with Crippen LogP contribution in [0, 0.1) is 0 Å². The van der Waals surface area contributed by atoms with Gasteiger partial charge in [0.1, 0.15) is 5.82 Å². The van der Waals surface area contributed by atoms with Gasteiger partial charge in [-0.3, -0.25) is 0 Å². The van der Waals surface area contributed by atoms with Gasteiger partial charge in [0.05, 0.1) is 57.7 Å². The van der Waals surface area contributed by atoms with E-state index in [0.29, 0.717) is 23.2 Å². The number of hydrogen-bond acceptors (Lipinski definition) is 11. The SMILES string of the molecule is COc1cc(NC2(C)CSc3cnc(Nc4ccc(N5CCOCC5)nc4)nc32)cc(OC)c1OC. The largest absolute Gasteiger partial charge is 0.493 e. The first-order valence-corrected chi connectivity index (χ1v) is 12.7. The number of hydrogen-bond donors (Lipinski definition) is 2. The third-order valence-corrected chi connectivity index (χ3v) is 7.55. The van der Waals surface area contributed by atoms with E-state index < -0.39 is 5.54 Å². The molecule has 11 heteroatoms. The smallest absolute Gasteiger partial charge is 0.227 e. The Kier molecular flexibility index (Phi) is 6.92. The van der Waals surface area contributed by atoms with Gasteiger partial charge in [-0.2, -0.15) is 0 Å². The molecule has 10 nitrogen and oxygen atoms in total. The summed E-state index contributed by atoms with van der Waals surface area (Å²) in [6, 6.07) is 7.80. The number of morpholine rings is 1. The van der Waals surface area contributed by atoms with Gasteiger partial charge in [0.15, 0.2) is 11.5 Å². The molecule has 0 amide bonds. The zero-order chi connectivity index (χ0) is 25.1. The zero-order valence-corrected chi connectivity index (χ0v) is 21.6. The molecule has 2 aliphatic rings. The molecule has 1 fully saturated rings. The Morgan fingerprint density at radius 1 is 0.972 bits per heavy atom. The Morgan fingerprint density at radius 3 is 2.36 bits per heavy atom. The molecule has 5 rings (SSSR count). The van der Waals surface area contributed by atoms with Gasteiger partial charge in [-0.25, -0.2) is 15.0 Å². The van der Waals surface area contributed by atoms with Gasteiger partial charge in [-0.1, -0.05) is 0 Å².